The largest absolute Gasteiger partial charge is 0.444 e. The summed E-state index contributed by atoms with van der Waals surface area (Å²) in [7, 11) is 0. The summed E-state index contributed by atoms with van der Waals surface area (Å²) in [5.41, 5.74) is 2.70. The van der Waals surface area contributed by atoms with Gasteiger partial charge in [0.25, 0.3) is 5.91 Å². The topological polar surface area (TPSA) is 85.2 Å². The highest BCUT2D eigenvalue weighted by Crippen LogP contribution is 2.29. The fraction of sp³-hybridized carbons (Fsp3) is 0.542. The maximum absolute atomic E-state index is 13.1. The van der Waals surface area contributed by atoms with Crippen molar-refractivity contribution >= 4 is 12.0 Å². The van der Waals surface area contributed by atoms with E-state index in [9.17, 15) is 9.59 Å². The monoisotopic (exact) mass is 426 g/mol. The number of aryl methyl sites for hydroxylation is 2. The van der Waals surface area contributed by atoms with Gasteiger partial charge in [-0.1, -0.05) is 25.0 Å². The lowest BCUT2D eigenvalue weighted by molar-refractivity contribution is 0.0505. The highest BCUT2D eigenvalue weighted by atomic mass is 16.6. The summed E-state index contributed by atoms with van der Waals surface area (Å²) in [6.45, 7) is 10.5. The second-order valence-corrected chi connectivity index (χ2v) is 9.58. The van der Waals surface area contributed by atoms with Gasteiger partial charge in [-0.15, -0.1) is 0 Å². The Hall–Kier alpha value is -2.83. The van der Waals surface area contributed by atoms with Crippen molar-refractivity contribution in [2.75, 3.05) is 6.54 Å². The molecule has 1 aliphatic rings. The third-order valence-corrected chi connectivity index (χ3v) is 5.53. The zero-order chi connectivity index (χ0) is 22.6. The van der Waals surface area contributed by atoms with Crippen LogP contribution in [0.4, 0.5) is 4.79 Å². The van der Waals surface area contributed by atoms with Crippen molar-refractivity contribution in [3.63, 3.8) is 0 Å². The molecule has 0 aliphatic heterocycles. The number of ether oxygens (including phenoxy) is 1. The molecule has 1 fully saturated rings. The van der Waals surface area contributed by atoms with Crippen LogP contribution in [0.5, 0.6) is 0 Å². The van der Waals surface area contributed by atoms with Gasteiger partial charge >= 0.3 is 6.09 Å². The van der Waals surface area contributed by atoms with Gasteiger partial charge in [0.15, 0.2) is 0 Å². The van der Waals surface area contributed by atoms with Crippen LogP contribution in [0.2, 0.25) is 0 Å². The number of nitrogens with zero attached hydrogens (tertiary/aromatic N) is 2. The Bertz CT molecular complexity index is 937. The van der Waals surface area contributed by atoms with Gasteiger partial charge in [-0.25, -0.2) is 4.79 Å². The van der Waals surface area contributed by atoms with Crippen molar-refractivity contribution < 1.29 is 14.3 Å². The lowest BCUT2D eigenvalue weighted by Crippen LogP contribution is -2.54. The molecule has 1 heterocycles. The number of nitrogens with one attached hydrogen (secondary N) is 2. The molecule has 0 spiro atoms. The second kappa shape index (κ2) is 9.12. The summed E-state index contributed by atoms with van der Waals surface area (Å²) in [5, 5.41) is 10.6. The highest BCUT2D eigenvalue weighted by molar-refractivity contribution is 5.95. The summed E-state index contributed by atoms with van der Waals surface area (Å²) in [6.07, 6.45) is 3.25. The van der Waals surface area contributed by atoms with Crippen LogP contribution < -0.4 is 10.6 Å². The predicted octanol–water partition coefficient (Wildman–Crippen LogP) is 4.12. The van der Waals surface area contributed by atoms with Crippen molar-refractivity contribution in [3.8, 4) is 0 Å². The van der Waals surface area contributed by atoms with Crippen LogP contribution in [0.15, 0.2) is 30.3 Å². The molecule has 1 aromatic heterocycles. The van der Waals surface area contributed by atoms with E-state index in [2.05, 4.69) is 15.7 Å². The Kier molecular flexibility index (Phi) is 6.72. The van der Waals surface area contributed by atoms with Crippen LogP contribution in [0.3, 0.4) is 0 Å². The Labute approximate surface area is 184 Å². The number of rotatable bonds is 6. The number of carbonyl (C=O) groups is 2. The molecule has 0 bridgehead atoms. The number of carbonyl (C=O) groups excluding carboxylic acids is 2. The van der Waals surface area contributed by atoms with Crippen molar-refractivity contribution in [3.05, 3.63) is 52.8 Å². The third kappa shape index (κ3) is 6.32. The van der Waals surface area contributed by atoms with Crippen molar-refractivity contribution in [2.45, 2.75) is 78.0 Å². The summed E-state index contributed by atoms with van der Waals surface area (Å²) in [6, 6.07) is 9.68. The van der Waals surface area contributed by atoms with E-state index in [1.165, 1.54) is 0 Å². The molecule has 1 aromatic carbocycles. The fourth-order valence-corrected chi connectivity index (χ4v) is 4.09. The first-order valence-electron chi connectivity index (χ1n) is 10.9. The maximum Gasteiger partial charge on any atom is 0.407 e. The Morgan fingerprint density at radius 3 is 2.48 bits per heavy atom. The molecule has 2 N–H and O–H groups in total. The van der Waals surface area contributed by atoms with Crippen molar-refractivity contribution in [2.24, 2.45) is 0 Å². The molecule has 7 heteroatoms. The minimum absolute atomic E-state index is 0.122. The molecule has 1 aliphatic carbocycles. The average Bonchev–Trinajstić information content (AvgIpc) is 3.25. The summed E-state index contributed by atoms with van der Waals surface area (Å²) in [4.78, 5) is 25.2. The van der Waals surface area contributed by atoms with E-state index in [1.807, 2.05) is 69.6 Å². The van der Waals surface area contributed by atoms with Gasteiger partial charge in [-0.2, -0.15) is 5.10 Å². The Morgan fingerprint density at radius 1 is 1.16 bits per heavy atom. The smallest absolute Gasteiger partial charge is 0.407 e. The van der Waals surface area contributed by atoms with Gasteiger partial charge in [0.2, 0.25) is 0 Å². The van der Waals surface area contributed by atoms with E-state index in [1.54, 1.807) is 0 Å². The van der Waals surface area contributed by atoms with Crippen LogP contribution in [-0.2, 0) is 11.3 Å². The van der Waals surface area contributed by atoms with Gasteiger partial charge in [-0.05, 0) is 71.2 Å². The summed E-state index contributed by atoms with van der Waals surface area (Å²) < 4.78 is 7.28. The lowest BCUT2D eigenvalue weighted by Gasteiger charge is -2.31. The minimum Gasteiger partial charge on any atom is -0.444 e. The van der Waals surface area contributed by atoms with Gasteiger partial charge in [0.05, 0.1) is 17.8 Å². The van der Waals surface area contributed by atoms with E-state index < -0.39 is 17.2 Å². The fourth-order valence-electron chi connectivity index (χ4n) is 4.09. The van der Waals surface area contributed by atoms with Gasteiger partial charge < -0.3 is 15.4 Å². The van der Waals surface area contributed by atoms with E-state index in [4.69, 9.17) is 4.74 Å². The summed E-state index contributed by atoms with van der Waals surface area (Å²) in [5.74, 6) is -0.122. The standard InChI is InChI=1S/C24H34N4O3/c1-17-13-18(2)28(27-17)15-19-9-8-10-20(14-19)21(29)26-24(11-6-7-12-24)16-25-22(30)31-23(3,4)5/h8-10,13-14H,6-7,11-12,15-16H2,1-5H3,(H,25,30)(H,26,29). The van der Waals surface area contributed by atoms with Gasteiger partial charge in [0.1, 0.15) is 5.60 Å². The van der Waals surface area contributed by atoms with Gasteiger partial charge in [-0.3, -0.25) is 9.48 Å². The molecule has 168 valence electrons. The molecule has 3 rings (SSSR count). The van der Waals surface area contributed by atoms with E-state index in [0.29, 0.717) is 18.7 Å². The predicted molar refractivity (Wildman–Crippen MR) is 120 cm³/mol. The van der Waals surface area contributed by atoms with Gasteiger partial charge in [0, 0.05) is 17.8 Å². The zero-order valence-corrected chi connectivity index (χ0v) is 19.2. The van der Waals surface area contributed by atoms with Crippen LogP contribution in [0.25, 0.3) is 0 Å². The molecule has 2 aromatic rings. The lowest BCUT2D eigenvalue weighted by atomic mass is 9.96. The first kappa shape index (κ1) is 22.8. The summed E-state index contributed by atoms with van der Waals surface area (Å²) >= 11 is 0. The number of benzene rings is 1. The third-order valence-electron chi connectivity index (χ3n) is 5.53. The number of hydrogen-bond donors (Lipinski definition) is 2. The quantitative estimate of drug-likeness (QED) is 0.728. The molecular formula is C24H34N4O3. The zero-order valence-electron chi connectivity index (χ0n) is 19.2. The normalized spacial score (nSPS) is 15.5. The minimum atomic E-state index is -0.553. The van der Waals surface area contributed by atoms with Crippen molar-refractivity contribution in [1.82, 2.24) is 20.4 Å². The molecule has 0 radical (unpaired) electrons. The van der Waals surface area contributed by atoms with E-state index in [0.717, 1.165) is 42.6 Å². The van der Waals surface area contributed by atoms with Crippen LogP contribution in [0, 0.1) is 13.8 Å². The molecule has 0 atom stereocenters. The van der Waals surface area contributed by atoms with Crippen LogP contribution in [-0.4, -0.2) is 39.5 Å². The molecule has 1 saturated carbocycles. The number of aromatic nitrogens is 2. The Balaban J connectivity index is 1.67. The van der Waals surface area contributed by atoms with E-state index in [-0.39, 0.29) is 5.91 Å². The number of amides is 2. The van der Waals surface area contributed by atoms with Crippen LogP contribution >= 0.6 is 0 Å². The highest BCUT2D eigenvalue weighted by Gasteiger charge is 2.36. The molecule has 31 heavy (non-hydrogen) atoms. The first-order chi connectivity index (χ1) is 14.6. The van der Waals surface area contributed by atoms with Crippen LogP contribution in [0.1, 0.15) is 73.8 Å². The number of hydrogen-bond acceptors (Lipinski definition) is 4. The second-order valence-electron chi connectivity index (χ2n) is 9.58. The van der Waals surface area contributed by atoms with Crippen molar-refractivity contribution in [1.29, 1.82) is 0 Å². The molecular weight excluding hydrogens is 392 g/mol. The molecule has 2 amide bonds. The molecule has 0 saturated heterocycles. The molecule has 0 unspecified atom stereocenters. The average molecular weight is 427 g/mol. The number of alkyl carbamates (subject to hydrolysis) is 1. The van der Waals surface area contributed by atoms with E-state index >= 15 is 0 Å². The maximum atomic E-state index is 13.1. The Morgan fingerprint density at radius 2 is 1.87 bits per heavy atom. The first-order valence-corrected chi connectivity index (χ1v) is 10.9. The SMILES string of the molecule is Cc1cc(C)n(Cc2cccc(C(=O)NC3(CNC(=O)OC(C)(C)C)CCCC3)c2)n1. The molecule has 7 nitrogen and oxygen atoms in total.